The van der Waals surface area contributed by atoms with Gasteiger partial charge in [0.05, 0.1) is 5.41 Å². The summed E-state index contributed by atoms with van der Waals surface area (Å²) < 4.78 is 5.38. The number of ketones is 1. The Hall–Kier alpha value is -1.75. The van der Waals surface area contributed by atoms with Gasteiger partial charge in [0.25, 0.3) is 0 Å². The van der Waals surface area contributed by atoms with Gasteiger partial charge in [0.1, 0.15) is 18.0 Å². The fourth-order valence-electron chi connectivity index (χ4n) is 4.04. The fraction of sp³-hybridized carbons (Fsp3) is 0.588. The summed E-state index contributed by atoms with van der Waals surface area (Å²) in [5, 5.41) is 10.7. The van der Waals surface area contributed by atoms with E-state index < -0.39 is 28.5 Å². The molecule has 3 aliphatic rings. The summed E-state index contributed by atoms with van der Waals surface area (Å²) in [4.78, 5) is 35.8. The fourth-order valence-corrected chi connectivity index (χ4v) is 4.04. The van der Waals surface area contributed by atoms with Gasteiger partial charge in [0, 0.05) is 23.5 Å². The van der Waals surface area contributed by atoms with Gasteiger partial charge in [-0.2, -0.15) is 0 Å². The Morgan fingerprint density at radius 2 is 2.00 bits per heavy atom. The molecule has 5 nitrogen and oxygen atoms in total. The quantitative estimate of drug-likeness (QED) is 0.617. The Labute approximate surface area is 129 Å². The minimum absolute atomic E-state index is 0.320. The Balaban J connectivity index is 2.24. The molecule has 0 aromatic rings. The van der Waals surface area contributed by atoms with Crippen LogP contribution in [0.1, 0.15) is 40.5 Å². The van der Waals surface area contributed by atoms with Gasteiger partial charge in [-0.25, -0.2) is 0 Å². The summed E-state index contributed by atoms with van der Waals surface area (Å²) in [6, 6.07) is 0. The van der Waals surface area contributed by atoms with Crippen molar-refractivity contribution in [1.29, 1.82) is 0 Å². The van der Waals surface area contributed by atoms with Gasteiger partial charge in [-0.15, -0.1) is 0 Å². The number of Topliss-reactive ketones (excluding diaryl/α,β-unsaturated/α-hetero) is 1. The van der Waals surface area contributed by atoms with Crippen molar-refractivity contribution in [3.05, 3.63) is 22.8 Å². The lowest BCUT2D eigenvalue weighted by Gasteiger charge is -2.40. The third-order valence-electron chi connectivity index (χ3n) is 5.60. The van der Waals surface area contributed by atoms with Crippen LogP contribution in [0.2, 0.25) is 0 Å². The van der Waals surface area contributed by atoms with Gasteiger partial charge in [-0.3, -0.25) is 9.59 Å². The summed E-state index contributed by atoms with van der Waals surface area (Å²) in [5.41, 5.74) is -1.34. The second-order valence-corrected chi connectivity index (χ2v) is 7.05. The Kier molecular flexibility index (Phi) is 2.87. The number of esters is 1. The predicted octanol–water partition coefficient (Wildman–Crippen LogP) is 1.49. The van der Waals surface area contributed by atoms with Crippen LogP contribution in [-0.4, -0.2) is 34.9 Å². The Bertz CT molecular complexity index is 663. The minimum Gasteiger partial charge on any atom is -0.456 e. The number of aldehydes is 1. The maximum Gasteiger partial charge on any atom is 0.303 e. The zero-order chi connectivity index (χ0) is 16.5. The molecule has 1 fully saturated rings. The smallest absolute Gasteiger partial charge is 0.303 e. The summed E-state index contributed by atoms with van der Waals surface area (Å²) in [6.07, 6.45) is 2.89. The van der Waals surface area contributed by atoms with Crippen molar-refractivity contribution < 1.29 is 24.2 Å². The van der Waals surface area contributed by atoms with E-state index in [0.29, 0.717) is 17.4 Å². The van der Waals surface area contributed by atoms with E-state index in [-0.39, 0.29) is 5.78 Å². The second kappa shape index (κ2) is 4.16. The molecule has 22 heavy (non-hydrogen) atoms. The van der Waals surface area contributed by atoms with E-state index in [1.807, 2.05) is 6.92 Å². The molecule has 3 atom stereocenters. The highest BCUT2D eigenvalue weighted by molar-refractivity contribution is 6.10. The van der Waals surface area contributed by atoms with Crippen LogP contribution in [0, 0.1) is 10.8 Å². The van der Waals surface area contributed by atoms with Gasteiger partial charge >= 0.3 is 5.97 Å². The van der Waals surface area contributed by atoms with E-state index in [9.17, 15) is 19.5 Å². The molecule has 3 rings (SSSR count). The zero-order valence-corrected chi connectivity index (χ0v) is 13.2. The molecular weight excluding hydrogens is 284 g/mol. The SMILES string of the molecule is CC(=O)O[C@@H]1C2=C(C)C3(CC3)[C@@](C)(O)C(=O)C2=C[C@@]1(C)C=O. The van der Waals surface area contributed by atoms with Gasteiger partial charge in [-0.05, 0) is 33.6 Å². The first-order valence-electron chi connectivity index (χ1n) is 7.46. The van der Waals surface area contributed by atoms with Crippen LogP contribution in [-0.2, 0) is 19.1 Å². The zero-order valence-electron chi connectivity index (χ0n) is 13.2. The van der Waals surface area contributed by atoms with Crippen molar-refractivity contribution >= 4 is 18.0 Å². The number of aliphatic hydroxyl groups is 1. The molecule has 0 aromatic carbocycles. The van der Waals surface area contributed by atoms with Gasteiger partial charge in [-0.1, -0.05) is 11.6 Å². The first-order valence-corrected chi connectivity index (χ1v) is 7.46. The molecule has 1 spiro atoms. The van der Waals surface area contributed by atoms with E-state index in [1.54, 1.807) is 19.9 Å². The van der Waals surface area contributed by atoms with Crippen molar-refractivity contribution in [2.45, 2.75) is 52.2 Å². The molecule has 0 saturated heterocycles. The molecule has 0 heterocycles. The molecule has 0 radical (unpaired) electrons. The van der Waals surface area contributed by atoms with Crippen LogP contribution >= 0.6 is 0 Å². The van der Waals surface area contributed by atoms with Crippen molar-refractivity contribution in [2.75, 3.05) is 0 Å². The molecule has 1 saturated carbocycles. The lowest BCUT2D eigenvalue weighted by molar-refractivity contribution is -0.149. The van der Waals surface area contributed by atoms with E-state index in [2.05, 4.69) is 0 Å². The first-order chi connectivity index (χ1) is 10.1. The third-order valence-corrected chi connectivity index (χ3v) is 5.60. The van der Waals surface area contributed by atoms with Gasteiger partial charge < -0.3 is 14.6 Å². The molecule has 0 unspecified atom stereocenters. The first kappa shape index (κ1) is 15.2. The van der Waals surface area contributed by atoms with Crippen LogP contribution in [0.15, 0.2) is 22.8 Å². The van der Waals surface area contributed by atoms with Crippen molar-refractivity contribution in [3.63, 3.8) is 0 Å². The Morgan fingerprint density at radius 1 is 1.41 bits per heavy atom. The second-order valence-electron chi connectivity index (χ2n) is 7.05. The summed E-state index contributed by atoms with van der Waals surface area (Å²) in [7, 11) is 0. The summed E-state index contributed by atoms with van der Waals surface area (Å²) in [5.74, 6) is -0.879. The van der Waals surface area contributed by atoms with Crippen LogP contribution < -0.4 is 0 Å². The number of hydrogen-bond donors (Lipinski definition) is 1. The van der Waals surface area contributed by atoms with Crippen LogP contribution in [0.25, 0.3) is 0 Å². The molecule has 0 aliphatic heterocycles. The van der Waals surface area contributed by atoms with Crippen molar-refractivity contribution in [1.82, 2.24) is 0 Å². The molecule has 118 valence electrons. The molecule has 1 N–H and O–H groups in total. The van der Waals surface area contributed by atoms with Crippen molar-refractivity contribution in [3.8, 4) is 0 Å². The number of rotatable bonds is 2. The van der Waals surface area contributed by atoms with Crippen molar-refractivity contribution in [2.24, 2.45) is 10.8 Å². The number of carbonyl (C=O) groups is 3. The van der Waals surface area contributed by atoms with E-state index >= 15 is 0 Å². The maximum absolute atomic E-state index is 12.8. The third kappa shape index (κ3) is 1.60. The number of fused-ring (bicyclic) bond motifs is 1. The lowest BCUT2D eigenvalue weighted by atomic mass is 9.67. The molecular formula is C17H20O5. The normalized spacial score (nSPS) is 38.7. The number of carbonyl (C=O) groups excluding carboxylic acids is 3. The summed E-state index contributed by atoms with van der Waals surface area (Å²) in [6.45, 7) is 6.33. The molecule has 0 aromatic heterocycles. The van der Waals surface area contributed by atoms with Crippen LogP contribution in [0.4, 0.5) is 0 Å². The van der Waals surface area contributed by atoms with Gasteiger partial charge in [0.2, 0.25) is 0 Å². The number of hydrogen-bond acceptors (Lipinski definition) is 5. The minimum atomic E-state index is -1.47. The maximum atomic E-state index is 12.8. The molecule has 0 amide bonds. The number of ether oxygens (including phenoxy) is 1. The van der Waals surface area contributed by atoms with Gasteiger partial charge in [0.15, 0.2) is 5.78 Å². The predicted molar refractivity (Wildman–Crippen MR) is 77.8 cm³/mol. The average Bonchev–Trinajstić information content (AvgIpc) is 3.19. The summed E-state index contributed by atoms with van der Waals surface area (Å²) >= 11 is 0. The highest BCUT2D eigenvalue weighted by atomic mass is 16.5. The molecule has 0 bridgehead atoms. The highest BCUT2D eigenvalue weighted by Gasteiger charge is 2.67. The van der Waals surface area contributed by atoms with E-state index in [1.165, 1.54) is 6.92 Å². The van der Waals surface area contributed by atoms with Crippen LogP contribution in [0.5, 0.6) is 0 Å². The van der Waals surface area contributed by atoms with E-state index in [0.717, 1.165) is 18.4 Å². The van der Waals surface area contributed by atoms with Crippen LogP contribution in [0.3, 0.4) is 0 Å². The highest BCUT2D eigenvalue weighted by Crippen LogP contribution is 2.65. The molecule has 3 aliphatic carbocycles. The Morgan fingerprint density at radius 3 is 2.45 bits per heavy atom. The lowest BCUT2D eigenvalue weighted by Crippen LogP contribution is -2.50. The molecule has 5 heteroatoms. The standard InChI is InChI=1S/C17H20O5/c1-9-12-11(13(20)16(4,21)17(9)5-6-17)7-15(3,8-18)14(12)22-10(2)19/h7-8,14,21H,5-6H2,1-4H3/t14-,15+,16+/m1/s1. The largest absolute Gasteiger partial charge is 0.456 e. The monoisotopic (exact) mass is 304 g/mol. The average molecular weight is 304 g/mol. The topological polar surface area (TPSA) is 80.7 Å². The van der Waals surface area contributed by atoms with E-state index in [4.69, 9.17) is 4.74 Å².